The van der Waals surface area contributed by atoms with E-state index in [-0.39, 0.29) is 37.1 Å². The smallest absolute Gasteiger partial charge is 0.303 e. The lowest BCUT2D eigenvalue weighted by molar-refractivity contribution is -0.137. The summed E-state index contributed by atoms with van der Waals surface area (Å²) in [7, 11) is 0. The second-order valence-corrected chi connectivity index (χ2v) is 8.13. The summed E-state index contributed by atoms with van der Waals surface area (Å²) >= 11 is 0. The Hall–Kier alpha value is -1.89. The predicted octanol–water partition coefficient (Wildman–Crippen LogP) is 3.17. The number of carboxylic acid groups (broad SMARTS) is 1. The molecule has 0 bridgehead atoms. The maximum atomic E-state index is 10.7. The molecule has 1 heterocycles. The quantitative estimate of drug-likeness (QED) is 0.547. The van der Waals surface area contributed by atoms with Crippen molar-refractivity contribution in [2.45, 2.75) is 69.4 Å². The fraction of sp³-hybridized carbons (Fsp3) is 0.609. The van der Waals surface area contributed by atoms with E-state index in [2.05, 4.69) is 0 Å². The van der Waals surface area contributed by atoms with Crippen LogP contribution >= 0.6 is 0 Å². The average Bonchev–Trinajstić information content (AvgIpc) is 2.85. The Morgan fingerprint density at radius 3 is 2.83 bits per heavy atom. The van der Waals surface area contributed by atoms with Gasteiger partial charge in [0.05, 0.1) is 18.3 Å². The topological polar surface area (TPSA) is 96.2 Å². The van der Waals surface area contributed by atoms with Gasteiger partial charge < -0.3 is 24.8 Å². The highest BCUT2D eigenvalue weighted by Crippen LogP contribution is 2.42. The zero-order valence-corrected chi connectivity index (χ0v) is 16.7. The summed E-state index contributed by atoms with van der Waals surface area (Å²) in [5.74, 6) is 0.136. The van der Waals surface area contributed by atoms with Gasteiger partial charge in [0.25, 0.3) is 0 Å². The molecule has 1 aromatic rings. The SMILES string of the molecule is O=C(O)CCC[C@@H]1CCC[C@@H]2[C@@H](C=C[C@@H](O)COc3ccccc3)[C@H](O)C[C@@H]2O1. The standard InChI is InChI=1S/C23H32O6/c24-16(15-28-17-6-2-1-3-7-17)12-13-19-20-10-4-8-18(9-5-11-23(26)27)29-22(20)14-21(19)25/h1-3,6-7,12-13,16,18-22,24-25H,4-5,8-11,14-15H2,(H,26,27)/t16-,18+,19-,20-,21-,22+/m1/s1. The van der Waals surface area contributed by atoms with Gasteiger partial charge in [-0.05, 0) is 43.7 Å². The van der Waals surface area contributed by atoms with Crippen LogP contribution in [-0.4, -0.2) is 52.3 Å². The van der Waals surface area contributed by atoms with Gasteiger partial charge in [0, 0.05) is 18.8 Å². The van der Waals surface area contributed by atoms with Crippen LogP contribution in [0.5, 0.6) is 5.75 Å². The van der Waals surface area contributed by atoms with Gasteiger partial charge in [-0.2, -0.15) is 0 Å². The number of para-hydroxylation sites is 1. The van der Waals surface area contributed by atoms with E-state index < -0.39 is 18.2 Å². The number of hydrogen-bond donors (Lipinski definition) is 3. The Morgan fingerprint density at radius 1 is 1.28 bits per heavy atom. The molecule has 3 rings (SSSR count). The number of fused-ring (bicyclic) bond motifs is 1. The molecule has 0 spiro atoms. The molecule has 2 aliphatic rings. The van der Waals surface area contributed by atoms with Crippen molar-refractivity contribution in [3.8, 4) is 5.75 Å². The highest BCUT2D eigenvalue weighted by molar-refractivity contribution is 5.66. The van der Waals surface area contributed by atoms with Gasteiger partial charge in [0.1, 0.15) is 18.5 Å². The molecule has 1 saturated carbocycles. The molecule has 160 valence electrons. The van der Waals surface area contributed by atoms with E-state index in [0.717, 1.165) is 25.7 Å². The molecule has 0 amide bonds. The first kappa shape index (κ1) is 21.8. The molecule has 0 unspecified atom stereocenters. The molecule has 2 fully saturated rings. The minimum absolute atomic E-state index is 0.00492. The van der Waals surface area contributed by atoms with E-state index in [4.69, 9.17) is 14.6 Å². The molecule has 1 aliphatic carbocycles. The highest BCUT2D eigenvalue weighted by Gasteiger charge is 2.43. The maximum Gasteiger partial charge on any atom is 0.303 e. The van der Waals surface area contributed by atoms with Crippen molar-refractivity contribution in [1.29, 1.82) is 0 Å². The largest absolute Gasteiger partial charge is 0.491 e. The predicted molar refractivity (Wildman–Crippen MR) is 109 cm³/mol. The van der Waals surface area contributed by atoms with Gasteiger partial charge in [-0.15, -0.1) is 0 Å². The van der Waals surface area contributed by atoms with E-state index >= 15 is 0 Å². The third kappa shape index (κ3) is 6.56. The van der Waals surface area contributed by atoms with E-state index in [1.807, 2.05) is 36.4 Å². The molecule has 3 N–H and O–H groups in total. The first-order chi connectivity index (χ1) is 14.0. The molecular weight excluding hydrogens is 372 g/mol. The van der Waals surface area contributed by atoms with Crippen LogP contribution in [0.2, 0.25) is 0 Å². The lowest BCUT2D eigenvalue weighted by atomic mass is 9.88. The van der Waals surface area contributed by atoms with Crippen molar-refractivity contribution in [3.63, 3.8) is 0 Å². The first-order valence-corrected chi connectivity index (χ1v) is 10.6. The minimum Gasteiger partial charge on any atom is -0.491 e. The molecule has 6 nitrogen and oxygen atoms in total. The molecule has 29 heavy (non-hydrogen) atoms. The highest BCUT2D eigenvalue weighted by atomic mass is 16.5. The average molecular weight is 405 g/mol. The Kier molecular flexibility index (Phi) is 8.09. The van der Waals surface area contributed by atoms with Crippen LogP contribution in [0.15, 0.2) is 42.5 Å². The van der Waals surface area contributed by atoms with Crippen LogP contribution in [0, 0.1) is 11.8 Å². The van der Waals surface area contributed by atoms with Gasteiger partial charge in [-0.3, -0.25) is 4.79 Å². The van der Waals surface area contributed by atoms with Crippen molar-refractivity contribution in [3.05, 3.63) is 42.5 Å². The second-order valence-electron chi connectivity index (χ2n) is 8.13. The van der Waals surface area contributed by atoms with Crippen LogP contribution in [-0.2, 0) is 9.53 Å². The summed E-state index contributed by atoms with van der Waals surface area (Å²) in [6, 6.07) is 9.36. The first-order valence-electron chi connectivity index (χ1n) is 10.6. The molecule has 0 radical (unpaired) electrons. The van der Waals surface area contributed by atoms with Crippen molar-refractivity contribution in [1.82, 2.24) is 0 Å². The third-order valence-electron chi connectivity index (χ3n) is 5.96. The summed E-state index contributed by atoms with van der Waals surface area (Å²) in [5.41, 5.74) is 0. The van der Waals surface area contributed by atoms with Crippen LogP contribution in [0.4, 0.5) is 0 Å². The lowest BCUT2D eigenvalue weighted by Crippen LogP contribution is -2.24. The van der Waals surface area contributed by atoms with Gasteiger partial charge in [0.2, 0.25) is 0 Å². The van der Waals surface area contributed by atoms with Crippen LogP contribution in [0.3, 0.4) is 0 Å². The number of rotatable bonds is 9. The monoisotopic (exact) mass is 404 g/mol. The van der Waals surface area contributed by atoms with Crippen LogP contribution in [0.1, 0.15) is 44.9 Å². The molecular formula is C23H32O6. The van der Waals surface area contributed by atoms with Crippen molar-refractivity contribution in [2.24, 2.45) is 11.8 Å². The second kappa shape index (κ2) is 10.8. The molecule has 1 aliphatic heterocycles. The number of aliphatic hydroxyl groups excluding tert-OH is 2. The summed E-state index contributed by atoms with van der Waals surface area (Å²) in [6.07, 6.45) is 7.54. The van der Waals surface area contributed by atoms with Gasteiger partial charge in [0.15, 0.2) is 0 Å². The molecule has 0 aromatic heterocycles. The molecule has 6 heteroatoms. The summed E-state index contributed by atoms with van der Waals surface area (Å²) < 4.78 is 11.8. The van der Waals surface area contributed by atoms with E-state index in [9.17, 15) is 15.0 Å². The summed E-state index contributed by atoms with van der Waals surface area (Å²) in [6.45, 7) is 0.166. The fourth-order valence-corrected chi connectivity index (χ4v) is 4.51. The molecule has 1 aromatic carbocycles. The number of ether oxygens (including phenoxy) is 2. The molecule has 1 saturated heterocycles. The van der Waals surface area contributed by atoms with E-state index in [1.165, 1.54) is 0 Å². The summed E-state index contributed by atoms with van der Waals surface area (Å²) in [4.78, 5) is 10.7. The van der Waals surface area contributed by atoms with Crippen LogP contribution in [0.25, 0.3) is 0 Å². The van der Waals surface area contributed by atoms with Gasteiger partial charge in [-0.25, -0.2) is 0 Å². The number of aliphatic hydroxyl groups is 2. The van der Waals surface area contributed by atoms with E-state index in [1.54, 1.807) is 6.08 Å². The van der Waals surface area contributed by atoms with Gasteiger partial charge >= 0.3 is 5.97 Å². The van der Waals surface area contributed by atoms with Crippen molar-refractivity contribution in [2.75, 3.05) is 6.61 Å². The third-order valence-corrected chi connectivity index (χ3v) is 5.96. The maximum absolute atomic E-state index is 10.7. The summed E-state index contributed by atoms with van der Waals surface area (Å²) in [5, 5.41) is 29.6. The van der Waals surface area contributed by atoms with Crippen LogP contribution < -0.4 is 4.74 Å². The van der Waals surface area contributed by atoms with Crippen molar-refractivity contribution < 1.29 is 29.6 Å². The Balaban J connectivity index is 1.50. The normalized spacial score (nSPS) is 30.6. The number of carbonyl (C=O) groups is 1. The Morgan fingerprint density at radius 2 is 2.07 bits per heavy atom. The zero-order valence-electron chi connectivity index (χ0n) is 16.7. The zero-order chi connectivity index (χ0) is 20.6. The number of benzene rings is 1. The number of aliphatic carboxylic acids is 1. The van der Waals surface area contributed by atoms with Gasteiger partial charge in [-0.1, -0.05) is 36.8 Å². The minimum atomic E-state index is -0.771. The lowest BCUT2D eigenvalue weighted by Gasteiger charge is -2.23. The Bertz CT molecular complexity index is 661. The van der Waals surface area contributed by atoms with Crippen molar-refractivity contribution >= 4 is 5.97 Å². The fourth-order valence-electron chi connectivity index (χ4n) is 4.51. The Labute approximate surface area is 172 Å². The molecule has 6 atom stereocenters. The number of carboxylic acids is 1. The number of hydrogen-bond acceptors (Lipinski definition) is 5. The van der Waals surface area contributed by atoms with E-state index in [0.29, 0.717) is 18.6 Å².